The molecule has 2 aromatic rings. The van der Waals surface area contributed by atoms with Gasteiger partial charge in [0.2, 0.25) is 5.91 Å². The summed E-state index contributed by atoms with van der Waals surface area (Å²) in [6, 6.07) is 6.54. The first-order valence-corrected chi connectivity index (χ1v) is 10.4. The molecule has 0 saturated heterocycles. The van der Waals surface area contributed by atoms with Gasteiger partial charge in [-0.1, -0.05) is 12.1 Å². The van der Waals surface area contributed by atoms with Crippen LogP contribution in [0, 0.1) is 17.6 Å². The molecule has 9 heteroatoms. The van der Waals surface area contributed by atoms with Gasteiger partial charge in [0.1, 0.15) is 16.4 Å². The molecule has 4 nitrogen and oxygen atoms in total. The highest BCUT2D eigenvalue weighted by Gasteiger charge is 2.50. The zero-order valence-corrected chi connectivity index (χ0v) is 16.0. The van der Waals surface area contributed by atoms with Crippen molar-refractivity contribution in [3.8, 4) is 0 Å². The number of carbonyl (C=O) groups is 1. The number of amides is 1. The highest BCUT2D eigenvalue weighted by atomic mass is 32.2. The van der Waals surface area contributed by atoms with Crippen LogP contribution in [0.25, 0.3) is 0 Å². The monoisotopic (exact) mass is 428 g/mol. The molecule has 2 aromatic carbocycles. The third kappa shape index (κ3) is 3.75. The fourth-order valence-electron chi connectivity index (χ4n) is 3.89. The predicted molar refractivity (Wildman–Crippen MR) is 96.7 cm³/mol. The van der Waals surface area contributed by atoms with Crippen molar-refractivity contribution in [2.45, 2.75) is 41.8 Å². The summed E-state index contributed by atoms with van der Waals surface area (Å²) in [5.41, 5.74) is 6.56. The average Bonchev–Trinajstić information content (AvgIpc) is 2.69. The van der Waals surface area contributed by atoms with Gasteiger partial charge < -0.3 is 0 Å². The number of rotatable bonds is 5. The Balaban J connectivity index is 2.15. The second kappa shape index (κ2) is 7.78. The largest absolute Gasteiger partial charge is 0.273 e. The lowest BCUT2D eigenvalue weighted by molar-refractivity contribution is -0.123. The maximum absolute atomic E-state index is 14.6. The van der Waals surface area contributed by atoms with E-state index in [1.807, 2.05) is 0 Å². The number of carbonyl (C=O) groups excluding carboxylic acids is 1. The topological polar surface area (TPSA) is 75.0 Å². The molecule has 1 aliphatic carbocycles. The Morgan fingerprint density at radius 3 is 2.14 bits per heavy atom. The second-order valence-corrected chi connectivity index (χ2v) is 9.39. The Labute approximate surface area is 165 Å². The van der Waals surface area contributed by atoms with E-state index in [4.69, 9.17) is 5.73 Å². The lowest BCUT2D eigenvalue weighted by Gasteiger charge is -2.39. The summed E-state index contributed by atoms with van der Waals surface area (Å²) in [7, 11) is -4.33. The summed E-state index contributed by atoms with van der Waals surface area (Å²) in [5, 5.41) is 0. The third-order valence-electron chi connectivity index (χ3n) is 5.54. The van der Waals surface area contributed by atoms with Crippen molar-refractivity contribution in [2.75, 3.05) is 0 Å². The van der Waals surface area contributed by atoms with Crippen LogP contribution in [0.3, 0.4) is 0 Å². The van der Waals surface area contributed by atoms with Gasteiger partial charge in [0.25, 0.3) is 6.43 Å². The van der Waals surface area contributed by atoms with Crippen LogP contribution in [0.4, 0.5) is 17.6 Å². The van der Waals surface area contributed by atoms with E-state index < -0.39 is 44.5 Å². The molecule has 29 heavy (non-hydrogen) atoms. The highest BCUT2D eigenvalue weighted by Crippen LogP contribution is 2.49. The van der Waals surface area contributed by atoms with E-state index in [2.05, 4.69) is 0 Å². The van der Waals surface area contributed by atoms with E-state index in [9.17, 15) is 30.8 Å². The second-order valence-electron chi connectivity index (χ2n) is 7.13. The van der Waals surface area contributed by atoms with Gasteiger partial charge in [0.05, 0.1) is 4.90 Å². The molecule has 1 fully saturated rings. The van der Waals surface area contributed by atoms with Crippen molar-refractivity contribution in [2.24, 2.45) is 5.92 Å². The van der Waals surface area contributed by atoms with E-state index in [1.165, 1.54) is 0 Å². The fraction of sp³-hybridized carbons (Fsp3) is 0.350. The molecule has 1 amide bonds. The molecule has 1 saturated carbocycles. The molecule has 0 unspecified atom stereocenters. The fourth-order valence-corrected chi connectivity index (χ4v) is 6.06. The maximum Gasteiger partial charge on any atom is 0.263 e. The van der Waals surface area contributed by atoms with Gasteiger partial charge in [-0.15, -0.1) is 0 Å². The molecule has 1 radical (unpaired) electrons. The van der Waals surface area contributed by atoms with Gasteiger partial charge in [-0.2, -0.15) is 0 Å². The number of nitrogens with one attached hydrogen (secondary N) is 1. The minimum Gasteiger partial charge on any atom is -0.273 e. The lowest BCUT2D eigenvalue weighted by atomic mass is 9.77. The molecule has 0 heterocycles. The zero-order valence-electron chi connectivity index (χ0n) is 15.2. The van der Waals surface area contributed by atoms with Gasteiger partial charge in [-0.25, -0.2) is 26.0 Å². The number of halogens is 4. The number of hydrogen-bond donors (Lipinski definition) is 0. The molecule has 0 bridgehead atoms. The van der Waals surface area contributed by atoms with Gasteiger partial charge in [-0.3, -0.25) is 10.5 Å². The van der Waals surface area contributed by atoms with Gasteiger partial charge in [0, 0.05) is 17.0 Å². The Morgan fingerprint density at radius 1 is 1.03 bits per heavy atom. The SMILES string of the molecule is [NH]C(=O)C1CCC(c2cc(F)ccc2F)(S(=O)(=O)c2ccc(C(F)F)cc2)CC1. The zero-order chi connectivity index (χ0) is 21.4. The number of benzene rings is 2. The van der Waals surface area contributed by atoms with Crippen LogP contribution in [0.1, 0.15) is 43.2 Å². The summed E-state index contributed by atoms with van der Waals surface area (Å²) >= 11 is 0. The van der Waals surface area contributed by atoms with Crippen LogP contribution < -0.4 is 5.73 Å². The maximum atomic E-state index is 14.6. The summed E-state index contributed by atoms with van der Waals surface area (Å²) in [4.78, 5) is 11.1. The van der Waals surface area contributed by atoms with Crippen molar-refractivity contribution >= 4 is 15.7 Å². The number of hydrogen-bond acceptors (Lipinski definition) is 3. The molecule has 155 valence electrons. The van der Waals surface area contributed by atoms with Crippen molar-refractivity contribution < 1.29 is 30.8 Å². The normalized spacial score (nSPS) is 22.6. The van der Waals surface area contributed by atoms with Crippen molar-refractivity contribution in [1.29, 1.82) is 0 Å². The smallest absolute Gasteiger partial charge is 0.263 e. The van der Waals surface area contributed by atoms with Crippen LogP contribution in [-0.4, -0.2) is 14.3 Å². The van der Waals surface area contributed by atoms with Crippen LogP contribution in [0.15, 0.2) is 47.4 Å². The van der Waals surface area contributed by atoms with E-state index >= 15 is 0 Å². The minimum atomic E-state index is -4.33. The number of sulfone groups is 1. The standard InChI is InChI=1S/C20H18F4NO3S/c21-14-3-6-17(22)16(11-14)20(9-7-13(8-10-20)19(25)26)29(27,28)15-4-1-12(2-5-15)18(23)24/h1-6,11,13,18,25H,7-10H2. The van der Waals surface area contributed by atoms with E-state index in [-0.39, 0.29) is 41.7 Å². The molecule has 0 aliphatic heterocycles. The molecule has 3 rings (SSSR count). The minimum absolute atomic E-state index is 0.0205. The summed E-state index contributed by atoms with van der Waals surface area (Å²) in [5.74, 6) is -3.24. The van der Waals surface area contributed by atoms with Crippen LogP contribution >= 0.6 is 0 Å². The molecule has 0 atom stereocenters. The Bertz CT molecular complexity index is 1010. The Hall–Kier alpha value is -2.42. The summed E-state index contributed by atoms with van der Waals surface area (Å²) in [6.07, 6.45) is -3.12. The molecule has 0 aromatic heterocycles. The first kappa shape index (κ1) is 21.3. The van der Waals surface area contributed by atoms with Crippen molar-refractivity contribution in [3.63, 3.8) is 0 Å². The summed E-state index contributed by atoms with van der Waals surface area (Å²) < 4.78 is 79.3. The highest BCUT2D eigenvalue weighted by molar-refractivity contribution is 7.92. The van der Waals surface area contributed by atoms with Crippen LogP contribution in [0.2, 0.25) is 0 Å². The average molecular weight is 428 g/mol. The first-order chi connectivity index (χ1) is 13.6. The molecule has 1 aliphatic rings. The lowest BCUT2D eigenvalue weighted by Crippen LogP contribution is -2.42. The number of alkyl halides is 2. The van der Waals surface area contributed by atoms with Gasteiger partial charge in [0.15, 0.2) is 9.84 Å². The molecule has 0 spiro atoms. The van der Waals surface area contributed by atoms with Crippen LogP contribution in [0.5, 0.6) is 0 Å². The van der Waals surface area contributed by atoms with E-state index in [0.29, 0.717) is 0 Å². The van der Waals surface area contributed by atoms with Crippen LogP contribution in [-0.2, 0) is 19.4 Å². The quantitative estimate of drug-likeness (QED) is 0.655. The Morgan fingerprint density at radius 2 is 1.62 bits per heavy atom. The summed E-state index contributed by atoms with van der Waals surface area (Å²) in [6.45, 7) is 0. The van der Waals surface area contributed by atoms with E-state index in [0.717, 1.165) is 42.5 Å². The Kier molecular flexibility index (Phi) is 5.71. The third-order valence-corrected chi connectivity index (χ3v) is 8.09. The molecular weight excluding hydrogens is 410 g/mol. The van der Waals surface area contributed by atoms with Crippen molar-refractivity contribution in [3.05, 3.63) is 65.2 Å². The predicted octanol–water partition coefficient (Wildman–Crippen LogP) is 4.57. The van der Waals surface area contributed by atoms with Crippen molar-refractivity contribution in [1.82, 2.24) is 5.73 Å². The van der Waals surface area contributed by atoms with E-state index in [1.54, 1.807) is 0 Å². The molecular formula is C20H18F4NO3S. The first-order valence-electron chi connectivity index (χ1n) is 8.92. The van der Waals surface area contributed by atoms with Gasteiger partial charge >= 0.3 is 0 Å². The molecule has 1 N–H and O–H groups in total. The van der Waals surface area contributed by atoms with Gasteiger partial charge in [-0.05, 0) is 56.0 Å².